The maximum Gasteiger partial charge on any atom is 0.221 e. The normalized spacial score (nSPS) is 26.6. The second-order valence-corrected chi connectivity index (χ2v) is 8.42. The number of carbonyl (C=O) groups is 1. The number of carbonyl (C=O) groups excluding carboxylic acids is 1. The molecule has 2 aromatic rings. The molecule has 0 aliphatic carbocycles. The molecule has 5 nitrogen and oxygen atoms in total. The SMILES string of the molecule is O=C(C[C@@]1(c2ccc(F)cn2)CCO[C@]2(CCOC2)C1)NCc1cccc(Cl)c1. The summed E-state index contributed by atoms with van der Waals surface area (Å²) in [4.78, 5) is 17.2. The third-order valence-electron chi connectivity index (χ3n) is 5.86. The average Bonchev–Trinajstić information content (AvgIpc) is 3.14. The summed E-state index contributed by atoms with van der Waals surface area (Å²) in [5.41, 5.74) is 0.749. The van der Waals surface area contributed by atoms with E-state index in [-0.39, 0.29) is 18.1 Å². The Bertz CT molecular complexity index is 871. The van der Waals surface area contributed by atoms with Gasteiger partial charge in [-0.05, 0) is 42.7 Å². The van der Waals surface area contributed by atoms with Crippen molar-refractivity contribution < 1.29 is 18.7 Å². The third-order valence-corrected chi connectivity index (χ3v) is 6.10. The van der Waals surface area contributed by atoms with Crippen LogP contribution in [0, 0.1) is 5.82 Å². The largest absolute Gasteiger partial charge is 0.378 e. The first-order valence-electron chi connectivity index (χ1n) is 9.84. The van der Waals surface area contributed by atoms with Crippen molar-refractivity contribution in [2.75, 3.05) is 19.8 Å². The van der Waals surface area contributed by atoms with E-state index < -0.39 is 11.0 Å². The quantitative estimate of drug-likeness (QED) is 0.802. The maximum absolute atomic E-state index is 13.5. The Balaban J connectivity index is 1.53. The summed E-state index contributed by atoms with van der Waals surface area (Å²) >= 11 is 6.02. The molecule has 1 aromatic carbocycles. The van der Waals surface area contributed by atoms with Gasteiger partial charge in [0.2, 0.25) is 5.91 Å². The summed E-state index contributed by atoms with van der Waals surface area (Å²) in [6.07, 6.45) is 3.55. The topological polar surface area (TPSA) is 60.5 Å². The average molecular weight is 419 g/mol. The number of hydrogen-bond acceptors (Lipinski definition) is 4. The second kappa shape index (κ2) is 8.38. The van der Waals surface area contributed by atoms with Crippen LogP contribution in [0.15, 0.2) is 42.6 Å². The molecule has 0 saturated carbocycles. The standard InChI is InChI=1S/C22H24ClFN2O3/c23-17-3-1-2-16(10-17)12-26-20(27)11-21(19-5-4-18(24)13-25-19)6-9-29-22(14-21)7-8-28-15-22/h1-5,10,13H,6-9,11-12,14-15H2,(H,26,27)/t21-,22+/m0/s1. The summed E-state index contributed by atoms with van der Waals surface area (Å²) in [5, 5.41) is 3.62. The van der Waals surface area contributed by atoms with Gasteiger partial charge < -0.3 is 14.8 Å². The number of nitrogens with one attached hydrogen (secondary N) is 1. The van der Waals surface area contributed by atoms with Gasteiger partial charge in [-0.15, -0.1) is 0 Å². The van der Waals surface area contributed by atoms with E-state index in [1.165, 1.54) is 12.3 Å². The summed E-state index contributed by atoms with van der Waals surface area (Å²) in [7, 11) is 0. The first-order chi connectivity index (χ1) is 14.0. The smallest absolute Gasteiger partial charge is 0.221 e. The van der Waals surface area contributed by atoms with Crippen LogP contribution in [0.3, 0.4) is 0 Å². The molecule has 2 aliphatic rings. The highest BCUT2D eigenvalue weighted by Crippen LogP contribution is 2.46. The number of halogens is 2. The summed E-state index contributed by atoms with van der Waals surface area (Å²) in [5.74, 6) is -0.465. The van der Waals surface area contributed by atoms with Crippen molar-refractivity contribution in [3.05, 3.63) is 64.7 Å². The van der Waals surface area contributed by atoms with E-state index in [1.807, 2.05) is 18.2 Å². The molecule has 29 heavy (non-hydrogen) atoms. The van der Waals surface area contributed by atoms with Gasteiger partial charge in [0, 0.05) is 48.7 Å². The van der Waals surface area contributed by atoms with Crippen LogP contribution in [-0.4, -0.2) is 36.3 Å². The van der Waals surface area contributed by atoms with Crippen molar-refractivity contribution in [3.8, 4) is 0 Å². The lowest BCUT2D eigenvalue weighted by Crippen LogP contribution is -2.50. The van der Waals surface area contributed by atoms with Gasteiger partial charge in [-0.2, -0.15) is 0 Å². The van der Waals surface area contributed by atoms with Gasteiger partial charge in [0.25, 0.3) is 0 Å². The van der Waals surface area contributed by atoms with Gasteiger partial charge in [-0.3, -0.25) is 9.78 Å². The fraction of sp³-hybridized carbons (Fsp3) is 0.455. The summed E-state index contributed by atoms with van der Waals surface area (Å²) in [6, 6.07) is 10.5. The first kappa shape index (κ1) is 20.3. The molecular formula is C22H24ClFN2O3. The number of benzene rings is 1. The number of pyridine rings is 1. The van der Waals surface area contributed by atoms with Crippen LogP contribution in [0.5, 0.6) is 0 Å². The first-order valence-corrected chi connectivity index (χ1v) is 10.2. The third kappa shape index (κ3) is 4.60. The highest BCUT2D eigenvalue weighted by Gasteiger charge is 2.50. The van der Waals surface area contributed by atoms with Crippen LogP contribution >= 0.6 is 11.6 Å². The molecule has 2 fully saturated rings. The monoisotopic (exact) mass is 418 g/mol. The van der Waals surface area contributed by atoms with Crippen LogP contribution in [0.1, 0.15) is 36.9 Å². The van der Waals surface area contributed by atoms with E-state index in [1.54, 1.807) is 12.1 Å². The van der Waals surface area contributed by atoms with E-state index >= 15 is 0 Å². The van der Waals surface area contributed by atoms with Gasteiger partial charge in [0.05, 0.1) is 18.4 Å². The number of hydrogen-bond donors (Lipinski definition) is 1. The van der Waals surface area contributed by atoms with Crippen LogP contribution in [0.4, 0.5) is 4.39 Å². The Morgan fingerprint density at radius 3 is 2.86 bits per heavy atom. The Morgan fingerprint density at radius 1 is 1.24 bits per heavy atom. The predicted molar refractivity (Wildman–Crippen MR) is 107 cm³/mol. The molecule has 154 valence electrons. The molecule has 1 amide bonds. The van der Waals surface area contributed by atoms with Gasteiger partial charge >= 0.3 is 0 Å². The van der Waals surface area contributed by atoms with E-state index in [0.717, 1.165) is 17.7 Å². The van der Waals surface area contributed by atoms with Crippen molar-refractivity contribution in [1.82, 2.24) is 10.3 Å². The Labute approximate surface area is 174 Å². The summed E-state index contributed by atoms with van der Waals surface area (Å²) < 4.78 is 25.1. The molecule has 2 aliphatic heterocycles. The number of aromatic nitrogens is 1. The summed E-state index contributed by atoms with van der Waals surface area (Å²) in [6.45, 7) is 2.08. The molecule has 0 unspecified atom stereocenters. The van der Waals surface area contributed by atoms with Crippen LogP contribution in [0.2, 0.25) is 5.02 Å². The lowest BCUT2D eigenvalue weighted by atomic mass is 9.68. The minimum Gasteiger partial charge on any atom is -0.378 e. The van der Waals surface area contributed by atoms with Crippen molar-refractivity contribution in [2.45, 2.75) is 43.2 Å². The van der Waals surface area contributed by atoms with Gasteiger partial charge in [0.1, 0.15) is 5.82 Å². The molecule has 7 heteroatoms. The van der Waals surface area contributed by atoms with E-state index in [9.17, 15) is 9.18 Å². The van der Waals surface area contributed by atoms with Crippen LogP contribution in [0.25, 0.3) is 0 Å². The fourth-order valence-corrected chi connectivity index (χ4v) is 4.64. The molecule has 1 N–H and O–H groups in total. The molecule has 1 spiro atoms. The van der Waals surface area contributed by atoms with Gasteiger partial charge in [0.15, 0.2) is 0 Å². The van der Waals surface area contributed by atoms with Crippen molar-refractivity contribution in [3.63, 3.8) is 0 Å². The maximum atomic E-state index is 13.5. The minimum absolute atomic E-state index is 0.0768. The Hall–Kier alpha value is -2.02. The molecule has 4 rings (SSSR count). The fourth-order valence-electron chi connectivity index (χ4n) is 4.43. The zero-order valence-electron chi connectivity index (χ0n) is 16.1. The highest BCUT2D eigenvalue weighted by atomic mass is 35.5. The number of rotatable bonds is 5. The molecule has 0 radical (unpaired) electrons. The minimum atomic E-state index is -0.516. The number of nitrogens with zero attached hydrogens (tertiary/aromatic N) is 1. The zero-order valence-corrected chi connectivity index (χ0v) is 16.9. The van der Waals surface area contributed by atoms with Crippen LogP contribution < -0.4 is 5.32 Å². The molecule has 0 bridgehead atoms. The highest BCUT2D eigenvalue weighted by molar-refractivity contribution is 6.30. The molecule has 2 atom stereocenters. The van der Waals surface area contributed by atoms with Gasteiger partial charge in [-0.1, -0.05) is 23.7 Å². The zero-order chi connectivity index (χ0) is 20.3. The predicted octanol–water partition coefficient (Wildman–Crippen LogP) is 3.79. The molecule has 3 heterocycles. The Morgan fingerprint density at radius 2 is 2.14 bits per heavy atom. The van der Waals surface area contributed by atoms with E-state index in [4.69, 9.17) is 21.1 Å². The van der Waals surface area contributed by atoms with Crippen molar-refractivity contribution in [2.24, 2.45) is 0 Å². The van der Waals surface area contributed by atoms with E-state index in [0.29, 0.717) is 44.2 Å². The second-order valence-electron chi connectivity index (χ2n) is 7.99. The van der Waals surface area contributed by atoms with Crippen LogP contribution in [-0.2, 0) is 26.2 Å². The number of ether oxygens (including phenoxy) is 2. The lowest BCUT2D eigenvalue weighted by Gasteiger charge is -2.45. The lowest BCUT2D eigenvalue weighted by molar-refractivity contribution is -0.130. The number of amides is 1. The van der Waals surface area contributed by atoms with Crippen molar-refractivity contribution in [1.29, 1.82) is 0 Å². The van der Waals surface area contributed by atoms with Crippen molar-refractivity contribution >= 4 is 17.5 Å². The molecular weight excluding hydrogens is 395 g/mol. The van der Waals surface area contributed by atoms with E-state index in [2.05, 4.69) is 10.3 Å². The molecule has 2 saturated heterocycles. The Kier molecular flexibility index (Phi) is 5.86. The van der Waals surface area contributed by atoms with Gasteiger partial charge in [-0.25, -0.2) is 4.39 Å². The molecule has 1 aromatic heterocycles.